The first-order chi connectivity index (χ1) is 10.2. The Morgan fingerprint density at radius 1 is 1.29 bits per heavy atom. The first-order valence-corrected chi connectivity index (χ1v) is 8.10. The Kier molecular flexibility index (Phi) is 5.65. The van der Waals surface area contributed by atoms with Gasteiger partial charge in [-0.3, -0.25) is 0 Å². The maximum absolute atomic E-state index is 5.89. The minimum atomic E-state index is 0.227. The van der Waals surface area contributed by atoms with E-state index in [0.717, 1.165) is 32.5 Å². The molecule has 1 saturated carbocycles. The smallest absolute Gasteiger partial charge is 0.0667 e. The summed E-state index contributed by atoms with van der Waals surface area (Å²) < 4.78 is 11.1. The van der Waals surface area contributed by atoms with Crippen molar-refractivity contribution in [3.8, 4) is 0 Å². The molecule has 0 spiro atoms. The molecule has 118 valence electrons. The molecule has 1 fully saturated rings. The van der Waals surface area contributed by atoms with Crippen molar-refractivity contribution in [2.24, 2.45) is 5.41 Å². The molecule has 3 heteroatoms. The first kappa shape index (κ1) is 16.3. The van der Waals surface area contributed by atoms with Crippen LogP contribution in [0.15, 0.2) is 24.3 Å². The summed E-state index contributed by atoms with van der Waals surface area (Å²) in [6.45, 7) is 8.24. The molecule has 3 unspecified atom stereocenters. The Balaban J connectivity index is 2.05. The van der Waals surface area contributed by atoms with Gasteiger partial charge in [0.2, 0.25) is 0 Å². The number of rotatable bonds is 8. The summed E-state index contributed by atoms with van der Waals surface area (Å²) in [6, 6.07) is 9.04. The van der Waals surface area contributed by atoms with Gasteiger partial charge in [0.15, 0.2) is 0 Å². The molecule has 0 saturated heterocycles. The summed E-state index contributed by atoms with van der Waals surface area (Å²) in [6.07, 6.45) is 3.56. The third kappa shape index (κ3) is 3.41. The lowest BCUT2D eigenvalue weighted by Crippen LogP contribution is -2.59. The van der Waals surface area contributed by atoms with Gasteiger partial charge in [-0.1, -0.05) is 32.0 Å². The fourth-order valence-corrected chi connectivity index (χ4v) is 3.25. The van der Waals surface area contributed by atoms with E-state index in [1.165, 1.54) is 11.3 Å². The summed E-state index contributed by atoms with van der Waals surface area (Å²) in [4.78, 5) is 0. The van der Waals surface area contributed by atoms with E-state index in [-0.39, 0.29) is 5.41 Å². The second kappa shape index (κ2) is 7.28. The number of ether oxygens (including phenoxy) is 2. The van der Waals surface area contributed by atoms with Crippen LogP contribution in [0, 0.1) is 5.41 Å². The van der Waals surface area contributed by atoms with Gasteiger partial charge in [0.1, 0.15) is 0 Å². The molecule has 1 aromatic rings. The van der Waals surface area contributed by atoms with Gasteiger partial charge < -0.3 is 14.8 Å². The van der Waals surface area contributed by atoms with E-state index in [9.17, 15) is 0 Å². The second-order valence-electron chi connectivity index (χ2n) is 6.14. The number of nitrogens with one attached hydrogen (secondary N) is 1. The number of benzene rings is 1. The van der Waals surface area contributed by atoms with Crippen molar-refractivity contribution in [2.45, 2.75) is 52.2 Å². The molecule has 0 bridgehead atoms. The zero-order valence-corrected chi connectivity index (χ0v) is 13.8. The van der Waals surface area contributed by atoms with Gasteiger partial charge in [-0.2, -0.15) is 0 Å². The summed E-state index contributed by atoms with van der Waals surface area (Å²) in [5.74, 6) is 0. The molecule has 1 aliphatic carbocycles. The van der Waals surface area contributed by atoms with Crippen molar-refractivity contribution in [1.82, 2.24) is 0 Å². The third-order valence-electron chi connectivity index (χ3n) is 5.03. The average Bonchev–Trinajstić information content (AvgIpc) is 2.52. The number of hydrogen-bond donors (Lipinski definition) is 1. The Labute approximate surface area is 129 Å². The van der Waals surface area contributed by atoms with Crippen molar-refractivity contribution < 1.29 is 9.47 Å². The van der Waals surface area contributed by atoms with E-state index in [4.69, 9.17) is 9.47 Å². The van der Waals surface area contributed by atoms with E-state index < -0.39 is 0 Å². The molecule has 21 heavy (non-hydrogen) atoms. The fraction of sp³-hybridized carbons (Fsp3) is 0.667. The zero-order chi connectivity index (χ0) is 15.3. The van der Waals surface area contributed by atoms with Crippen LogP contribution in [-0.2, 0) is 15.9 Å². The topological polar surface area (TPSA) is 30.5 Å². The van der Waals surface area contributed by atoms with Crippen LogP contribution in [-0.4, -0.2) is 32.5 Å². The standard InChI is InChI=1S/C18H29NO2/c1-5-18(3)16(13-17(18)21-6-2)19-15-10-8-7-9-14(15)11-12-20-4/h7-10,16-17,19H,5-6,11-13H2,1-4H3. The minimum absolute atomic E-state index is 0.227. The van der Waals surface area contributed by atoms with Crippen molar-refractivity contribution >= 4 is 5.69 Å². The summed E-state index contributed by atoms with van der Waals surface area (Å²) in [7, 11) is 1.75. The van der Waals surface area contributed by atoms with E-state index in [1.807, 2.05) is 0 Å². The Bertz CT molecular complexity index is 449. The second-order valence-corrected chi connectivity index (χ2v) is 6.14. The van der Waals surface area contributed by atoms with E-state index in [1.54, 1.807) is 7.11 Å². The molecule has 0 aliphatic heterocycles. The van der Waals surface area contributed by atoms with Crippen LogP contribution >= 0.6 is 0 Å². The number of hydrogen-bond acceptors (Lipinski definition) is 3. The predicted molar refractivity (Wildman–Crippen MR) is 87.9 cm³/mol. The first-order valence-electron chi connectivity index (χ1n) is 8.10. The molecular formula is C18H29NO2. The summed E-state index contributed by atoms with van der Waals surface area (Å²) >= 11 is 0. The molecule has 1 N–H and O–H groups in total. The molecule has 1 aromatic carbocycles. The number of para-hydroxylation sites is 1. The molecule has 0 amide bonds. The lowest BCUT2D eigenvalue weighted by atomic mass is 9.61. The monoisotopic (exact) mass is 291 g/mol. The summed E-state index contributed by atoms with van der Waals surface area (Å²) in [5.41, 5.74) is 2.80. The highest BCUT2D eigenvalue weighted by molar-refractivity contribution is 5.53. The predicted octanol–water partition coefficient (Wildman–Crippen LogP) is 3.88. The van der Waals surface area contributed by atoms with Gasteiger partial charge in [0, 0.05) is 30.9 Å². The van der Waals surface area contributed by atoms with Crippen LogP contribution in [0.4, 0.5) is 5.69 Å². The zero-order valence-electron chi connectivity index (χ0n) is 13.8. The van der Waals surface area contributed by atoms with Gasteiger partial charge >= 0.3 is 0 Å². The van der Waals surface area contributed by atoms with Crippen molar-refractivity contribution in [1.29, 1.82) is 0 Å². The van der Waals surface area contributed by atoms with Crippen molar-refractivity contribution in [3.05, 3.63) is 29.8 Å². The summed E-state index contributed by atoms with van der Waals surface area (Å²) in [5, 5.41) is 3.75. The molecule has 2 rings (SSSR count). The highest BCUT2D eigenvalue weighted by atomic mass is 16.5. The van der Waals surface area contributed by atoms with Crippen LogP contribution < -0.4 is 5.32 Å². The lowest BCUT2D eigenvalue weighted by molar-refractivity contribution is -0.109. The SMILES string of the molecule is CCOC1CC(Nc2ccccc2CCOC)C1(C)CC. The molecule has 0 heterocycles. The fourth-order valence-electron chi connectivity index (χ4n) is 3.25. The normalized spacial score (nSPS) is 28.2. The van der Waals surface area contributed by atoms with E-state index in [2.05, 4.69) is 50.4 Å². The molecular weight excluding hydrogens is 262 g/mol. The van der Waals surface area contributed by atoms with Gasteiger partial charge in [0.05, 0.1) is 12.7 Å². The molecule has 0 radical (unpaired) electrons. The Morgan fingerprint density at radius 3 is 2.71 bits per heavy atom. The van der Waals surface area contributed by atoms with Crippen LogP contribution in [0.25, 0.3) is 0 Å². The van der Waals surface area contributed by atoms with Crippen LogP contribution in [0.5, 0.6) is 0 Å². The maximum Gasteiger partial charge on any atom is 0.0667 e. The number of methoxy groups -OCH3 is 1. The maximum atomic E-state index is 5.89. The largest absolute Gasteiger partial charge is 0.384 e. The van der Waals surface area contributed by atoms with Crippen molar-refractivity contribution in [2.75, 3.05) is 25.6 Å². The average molecular weight is 291 g/mol. The molecule has 1 aliphatic rings. The van der Waals surface area contributed by atoms with Crippen molar-refractivity contribution in [3.63, 3.8) is 0 Å². The highest BCUT2D eigenvalue weighted by Gasteiger charge is 2.51. The minimum Gasteiger partial charge on any atom is -0.384 e. The molecule has 3 nitrogen and oxygen atoms in total. The quantitative estimate of drug-likeness (QED) is 0.788. The Morgan fingerprint density at radius 2 is 2.05 bits per heavy atom. The van der Waals surface area contributed by atoms with Gasteiger partial charge in [-0.25, -0.2) is 0 Å². The highest BCUT2D eigenvalue weighted by Crippen LogP contribution is 2.47. The van der Waals surface area contributed by atoms with Gasteiger partial charge in [-0.15, -0.1) is 0 Å². The number of anilines is 1. The van der Waals surface area contributed by atoms with Gasteiger partial charge in [0.25, 0.3) is 0 Å². The van der Waals surface area contributed by atoms with Crippen LogP contribution in [0.2, 0.25) is 0 Å². The van der Waals surface area contributed by atoms with E-state index in [0.29, 0.717) is 12.1 Å². The third-order valence-corrected chi connectivity index (χ3v) is 5.03. The van der Waals surface area contributed by atoms with Gasteiger partial charge in [-0.05, 0) is 37.8 Å². The van der Waals surface area contributed by atoms with E-state index >= 15 is 0 Å². The molecule has 3 atom stereocenters. The van der Waals surface area contributed by atoms with Crippen LogP contribution in [0.1, 0.15) is 39.2 Å². The lowest BCUT2D eigenvalue weighted by Gasteiger charge is -2.54. The molecule has 0 aromatic heterocycles. The van der Waals surface area contributed by atoms with Crippen LogP contribution in [0.3, 0.4) is 0 Å². The Hall–Kier alpha value is -1.06.